The molecule has 0 heterocycles. The second kappa shape index (κ2) is 88.7. The summed E-state index contributed by atoms with van der Waals surface area (Å²) >= 11 is 0. The molecular weight excluding hydrogens is 784 g/mol. The van der Waals surface area contributed by atoms with Crippen LogP contribution in [0.15, 0.2) is 0 Å². The van der Waals surface area contributed by atoms with Crippen molar-refractivity contribution in [3.05, 3.63) is 0 Å². The van der Waals surface area contributed by atoms with Crippen LogP contribution < -0.4 is 181 Å². The van der Waals surface area contributed by atoms with Gasteiger partial charge >= 0.3 is 120 Å². The van der Waals surface area contributed by atoms with Crippen molar-refractivity contribution in [1.29, 1.82) is 0 Å². The molecule has 0 rings (SSSR count). The van der Waals surface area contributed by atoms with Crippen molar-refractivity contribution >= 4 is 191 Å². The predicted octanol–water partition coefficient (Wildman–Crippen LogP) is -47.3. The van der Waals surface area contributed by atoms with Crippen LogP contribution in [0.25, 0.3) is 0 Å². The summed E-state index contributed by atoms with van der Waals surface area (Å²) in [5.41, 5.74) is 0. The van der Waals surface area contributed by atoms with Gasteiger partial charge in [-0.3, -0.25) is 87.9 Å². The first kappa shape index (κ1) is 94.0. The zero-order valence-electron chi connectivity index (χ0n) is 33.6. The smallest absolute Gasteiger partial charge is 0.278 e. The monoisotopic (exact) mass is 800 g/mol. The van der Waals surface area contributed by atoms with Crippen molar-refractivity contribution < 1.29 is 198 Å². The van der Waals surface area contributed by atoms with Crippen molar-refractivity contribution in [3.8, 4) is 0 Å². The molecule has 50 heavy (non-hydrogen) atoms. The molecule has 0 unspecified atom stereocenters. The van der Waals surface area contributed by atoms with Crippen molar-refractivity contribution in [2.45, 2.75) is 0 Å². The van der Waals surface area contributed by atoms with Gasteiger partial charge in [-0.1, -0.05) is 0 Å². The normalized spacial score (nSPS) is 6.48. The maximum atomic E-state index is 8.42. The minimum absolute atomic E-state index is 0. The van der Waals surface area contributed by atoms with Gasteiger partial charge in [0.1, 0.15) is 0 Å². The molecule has 0 bridgehead atoms. The maximum absolute atomic E-state index is 8.42. The third-order valence-electron chi connectivity index (χ3n) is 0. The van der Waals surface area contributed by atoms with E-state index < -0.39 is 87.9 Å². The molecule has 0 aliphatic heterocycles. The molecule has 50 heteroatoms. The zero-order valence-corrected chi connectivity index (χ0v) is 21.6. The molecule has 36 nitrogen and oxygen atoms in total. The van der Waals surface area contributed by atoms with Crippen LogP contribution in [-0.4, -0.2) is 191 Å². The maximum Gasteiger partial charge on any atom is -0.278 e. The predicted molar refractivity (Wildman–Crippen MR) is 96.7 cm³/mol. The Balaban J connectivity index is -0.00000000931. The molecule has 0 N–H and O–H groups in total. The summed E-state index contributed by atoms with van der Waals surface area (Å²) in [5, 5.41) is 303. The Morgan fingerprint density at radius 3 is 0.120 bits per heavy atom. The number of hydrogen-bond donors (Lipinski definition) is 0. The largest absolute Gasteiger partial charge is 0.907 e. The summed E-state index contributed by atoms with van der Waals surface area (Å²) < 4.78 is 0. The number of hydrogen-bond acceptors (Lipinski definition) is 36. The zero-order chi connectivity index (χ0) is 42.9. The van der Waals surface area contributed by atoms with E-state index in [1.807, 2.05) is 0 Å². The fraction of sp³-hybridized carbons (Fsp3) is 0. The SMILES string of the molecule is [H+].[H+].[H+].[H+].[H+].[H+].[H+].[H+].[H+].[H+].[H+].[H+].[KH].[KH].[O-]B([O-])[O-].[O-]B([O-])[O-].[O-]B([O-])[O-].[O-]B([O-])[O-].[O-]B([O-])[O-].[O-]B([O-])[O-].[O-]B([O-])[O-].[O-]B([O-])[O-].[O-]B([O-])[O-].[O-]B([O-])[O-].[O-]B([O-])[O-].[O-]B([O-])[O-]. The Morgan fingerprint density at radius 1 is 0.120 bits per heavy atom. The second-order valence-corrected chi connectivity index (χ2v) is 3.46. The van der Waals surface area contributed by atoms with E-state index in [0.717, 1.165) is 0 Å². The molecule has 292 valence electrons. The molecule has 0 aromatic rings. The summed E-state index contributed by atoms with van der Waals surface area (Å²) in [7, 11) is -35.0. The Morgan fingerprint density at radius 2 is 0.120 bits per heavy atom. The first-order valence-electron chi connectivity index (χ1n) is 8.49. The first-order valence-corrected chi connectivity index (χ1v) is 8.49. The molecular formula is H14B12K2O36-24. The number of rotatable bonds is 0. The quantitative estimate of drug-likeness (QED) is 0.205. The van der Waals surface area contributed by atoms with Crippen molar-refractivity contribution in [2.24, 2.45) is 0 Å². The molecule has 0 aliphatic carbocycles. The molecule has 0 saturated carbocycles. The van der Waals surface area contributed by atoms with Crippen LogP contribution >= 0.6 is 0 Å². The molecule has 0 aliphatic rings. The topological polar surface area (TPSA) is 830 Å². The molecule has 0 amide bonds. The Kier molecular flexibility index (Phi) is 167. The van der Waals surface area contributed by atoms with Gasteiger partial charge in [0.2, 0.25) is 0 Å². The van der Waals surface area contributed by atoms with Crippen LogP contribution in [0.1, 0.15) is 17.1 Å². The van der Waals surface area contributed by atoms with E-state index in [0.29, 0.717) is 0 Å². The molecule has 0 atom stereocenters. The van der Waals surface area contributed by atoms with Gasteiger partial charge in [0.15, 0.2) is 0 Å². The second-order valence-electron chi connectivity index (χ2n) is 3.46. The third kappa shape index (κ3) is 18300. The van der Waals surface area contributed by atoms with Crippen molar-refractivity contribution in [3.63, 3.8) is 0 Å². The fourth-order valence-electron chi connectivity index (χ4n) is 0. The van der Waals surface area contributed by atoms with Crippen LogP contribution in [0.3, 0.4) is 0 Å². The summed E-state index contributed by atoms with van der Waals surface area (Å²) in [6.07, 6.45) is 0. The van der Waals surface area contributed by atoms with Crippen molar-refractivity contribution in [2.75, 3.05) is 0 Å². The average Bonchev–Trinajstić information content (AvgIpc) is 2.61. The van der Waals surface area contributed by atoms with Gasteiger partial charge in [-0.15, -0.1) is 0 Å². The summed E-state index contributed by atoms with van der Waals surface area (Å²) in [6, 6.07) is 0. The van der Waals surface area contributed by atoms with E-state index >= 15 is 0 Å². The van der Waals surface area contributed by atoms with Crippen LogP contribution in [0.5, 0.6) is 0 Å². The first-order chi connectivity index (χ1) is 20.8. The van der Waals surface area contributed by atoms with Gasteiger partial charge < -0.3 is 181 Å². The minimum Gasteiger partial charge on any atom is -0.907 e. The standard InChI is InChI=1S/12BO3.2K.2H/c12*2-1(3)4;;;;/q12*-3;;;;/p+12. The van der Waals surface area contributed by atoms with Gasteiger partial charge in [-0.25, -0.2) is 0 Å². The third-order valence-corrected chi connectivity index (χ3v) is 0. The minimum atomic E-state index is -2.92. The van der Waals surface area contributed by atoms with E-state index in [9.17, 15) is 0 Å². The molecule has 0 aromatic heterocycles. The average molecular weight is 798 g/mol. The van der Waals surface area contributed by atoms with E-state index in [1.54, 1.807) is 0 Å². The van der Waals surface area contributed by atoms with Gasteiger partial charge in [-0.2, -0.15) is 0 Å². The summed E-state index contributed by atoms with van der Waals surface area (Å²) in [5.74, 6) is 0. The van der Waals surface area contributed by atoms with E-state index in [4.69, 9.17) is 181 Å². The Labute approximate surface area is 385 Å². The molecule has 0 fully saturated rings. The molecule has 0 saturated heterocycles. The van der Waals surface area contributed by atoms with E-state index in [2.05, 4.69) is 0 Å². The molecule has 0 aromatic carbocycles. The molecule has 0 spiro atoms. The summed E-state index contributed by atoms with van der Waals surface area (Å²) in [4.78, 5) is 0. The van der Waals surface area contributed by atoms with Gasteiger partial charge in [0, 0.05) is 0 Å². The fourth-order valence-corrected chi connectivity index (χ4v) is 0. The van der Waals surface area contributed by atoms with Crippen LogP contribution in [-0.2, 0) is 0 Å². The van der Waals surface area contributed by atoms with Gasteiger partial charge in [-0.05, 0) is 0 Å². The van der Waals surface area contributed by atoms with E-state index in [1.165, 1.54) is 0 Å². The molecule has 0 radical (unpaired) electrons. The van der Waals surface area contributed by atoms with Gasteiger partial charge in [0.05, 0.1) is 0 Å². The Bertz CT molecular complexity index is 281. The van der Waals surface area contributed by atoms with Crippen LogP contribution in [0.2, 0.25) is 0 Å². The Hall–Kier alpha value is 2.61. The summed E-state index contributed by atoms with van der Waals surface area (Å²) in [6.45, 7) is 0. The van der Waals surface area contributed by atoms with Crippen LogP contribution in [0, 0.1) is 0 Å². The van der Waals surface area contributed by atoms with E-state index in [-0.39, 0.29) is 120 Å². The van der Waals surface area contributed by atoms with Crippen molar-refractivity contribution in [1.82, 2.24) is 0 Å². The van der Waals surface area contributed by atoms with Crippen LogP contribution in [0.4, 0.5) is 0 Å². The van der Waals surface area contributed by atoms with Gasteiger partial charge in [0.25, 0.3) is 0 Å².